The Labute approximate surface area is 171 Å². The molecule has 0 fully saturated rings. The van der Waals surface area contributed by atoms with Gasteiger partial charge < -0.3 is 14.8 Å². The zero-order valence-electron chi connectivity index (χ0n) is 16.5. The van der Waals surface area contributed by atoms with Crippen molar-refractivity contribution in [3.63, 3.8) is 0 Å². The van der Waals surface area contributed by atoms with Gasteiger partial charge in [0, 0.05) is 6.08 Å². The topological polar surface area (TPSA) is 47.6 Å². The Bertz CT molecular complexity index is 934. The Morgan fingerprint density at radius 1 is 0.897 bits per heavy atom. The SMILES string of the molecule is CCCOc1ccccc1NC(=O)/C=C/c1ccc(OCc2ccccc2)cc1. The molecule has 0 radical (unpaired) electrons. The van der Waals surface area contributed by atoms with Gasteiger partial charge in [0.2, 0.25) is 5.91 Å². The molecule has 0 saturated carbocycles. The maximum atomic E-state index is 12.3. The summed E-state index contributed by atoms with van der Waals surface area (Å²) in [6.07, 6.45) is 4.19. The van der Waals surface area contributed by atoms with Crippen molar-refractivity contribution in [1.82, 2.24) is 0 Å². The van der Waals surface area contributed by atoms with Gasteiger partial charge in [0.05, 0.1) is 12.3 Å². The van der Waals surface area contributed by atoms with Crippen LogP contribution in [0.3, 0.4) is 0 Å². The molecule has 3 aromatic rings. The van der Waals surface area contributed by atoms with Crippen LogP contribution >= 0.6 is 0 Å². The lowest BCUT2D eigenvalue weighted by atomic mass is 10.2. The van der Waals surface area contributed by atoms with Gasteiger partial charge in [-0.2, -0.15) is 0 Å². The zero-order valence-corrected chi connectivity index (χ0v) is 16.5. The number of carbonyl (C=O) groups excluding carboxylic acids is 1. The first kappa shape index (κ1) is 20.2. The molecule has 0 bridgehead atoms. The predicted octanol–water partition coefficient (Wildman–Crippen LogP) is 5.71. The van der Waals surface area contributed by atoms with Crippen LogP contribution in [0.2, 0.25) is 0 Å². The standard InChI is InChI=1S/C25H25NO3/c1-2-18-28-24-11-7-6-10-23(24)26-25(27)17-14-20-12-15-22(16-13-20)29-19-21-8-4-3-5-9-21/h3-17H,2,18-19H2,1H3,(H,26,27)/b17-14+. The fraction of sp³-hybridized carbons (Fsp3) is 0.160. The molecule has 0 spiro atoms. The number of hydrogen-bond donors (Lipinski definition) is 1. The number of para-hydroxylation sites is 2. The lowest BCUT2D eigenvalue weighted by molar-refractivity contribution is -0.111. The molecule has 0 saturated heterocycles. The van der Waals surface area contributed by atoms with E-state index in [9.17, 15) is 4.79 Å². The first-order valence-corrected chi connectivity index (χ1v) is 9.72. The Morgan fingerprint density at radius 3 is 2.38 bits per heavy atom. The van der Waals surface area contributed by atoms with Crippen molar-refractivity contribution in [2.45, 2.75) is 20.0 Å². The van der Waals surface area contributed by atoms with Gasteiger partial charge in [-0.3, -0.25) is 4.79 Å². The van der Waals surface area contributed by atoms with Crippen molar-refractivity contribution in [3.8, 4) is 11.5 Å². The molecule has 3 rings (SSSR count). The number of nitrogens with one attached hydrogen (secondary N) is 1. The van der Waals surface area contributed by atoms with E-state index in [1.807, 2.05) is 85.8 Å². The lowest BCUT2D eigenvalue weighted by Crippen LogP contribution is -2.09. The third-order valence-corrected chi connectivity index (χ3v) is 4.16. The minimum Gasteiger partial charge on any atom is -0.491 e. The van der Waals surface area contributed by atoms with E-state index in [1.54, 1.807) is 6.08 Å². The molecule has 4 heteroatoms. The normalized spacial score (nSPS) is 10.7. The molecule has 0 aliphatic heterocycles. The van der Waals surface area contributed by atoms with Crippen molar-refractivity contribution >= 4 is 17.7 Å². The summed E-state index contributed by atoms with van der Waals surface area (Å²) in [5.74, 6) is 1.26. The number of carbonyl (C=O) groups is 1. The minimum absolute atomic E-state index is 0.207. The largest absolute Gasteiger partial charge is 0.491 e. The highest BCUT2D eigenvalue weighted by atomic mass is 16.5. The molecule has 1 N–H and O–H groups in total. The number of ether oxygens (including phenoxy) is 2. The summed E-state index contributed by atoms with van der Waals surface area (Å²) >= 11 is 0. The second-order valence-electron chi connectivity index (χ2n) is 6.51. The van der Waals surface area contributed by atoms with E-state index >= 15 is 0 Å². The van der Waals surface area contributed by atoms with Gasteiger partial charge in [-0.1, -0.05) is 61.5 Å². The third-order valence-electron chi connectivity index (χ3n) is 4.16. The van der Waals surface area contributed by atoms with Crippen molar-refractivity contribution in [2.75, 3.05) is 11.9 Å². The highest BCUT2D eigenvalue weighted by Gasteiger charge is 2.05. The van der Waals surface area contributed by atoms with E-state index in [2.05, 4.69) is 5.32 Å². The average molecular weight is 387 g/mol. The molecular weight excluding hydrogens is 362 g/mol. The van der Waals surface area contributed by atoms with Gasteiger partial charge in [0.15, 0.2) is 0 Å². The van der Waals surface area contributed by atoms with Crippen molar-refractivity contribution in [2.24, 2.45) is 0 Å². The van der Waals surface area contributed by atoms with Crippen LogP contribution in [0, 0.1) is 0 Å². The second-order valence-corrected chi connectivity index (χ2v) is 6.51. The van der Waals surface area contributed by atoms with Gasteiger partial charge in [-0.15, -0.1) is 0 Å². The molecular formula is C25H25NO3. The van der Waals surface area contributed by atoms with Gasteiger partial charge >= 0.3 is 0 Å². The second kappa shape index (κ2) is 10.7. The molecule has 0 aliphatic carbocycles. The molecule has 0 aliphatic rings. The lowest BCUT2D eigenvalue weighted by Gasteiger charge is -2.10. The van der Waals surface area contributed by atoms with Gasteiger partial charge in [0.1, 0.15) is 18.1 Å². The molecule has 0 unspecified atom stereocenters. The molecule has 0 heterocycles. The quantitative estimate of drug-likeness (QED) is 0.479. The maximum Gasteiger partial charge on any atom is 0.248 e. The Hall–Kier alpha value is -3.53. The predicted molar refractivity (Wildman–Crippen MR) is 117 cm³/mol. The average Bonchev–Trinajstić information content (AvgIpc) is 2.77. The van der Waals surface area contributed by atoms with Crippen molar-refractivity contribution in [3.05, 3.63) is 96.1 Å². The van der Waals surface area contributed by atoms with Crippen LogP contribution in [0.25, 0.3) is 6.08 Å². The van der Waals surface area contributed by atoms with Crippen LogP contribution < -0.4 is 14.8 Å². The number of rotatable bonds is 9. The number of amides is 1. The van der Waals surface area contributed by atoms with Crippen LogP contribution in [0.4, 0.5) is 5.69 Å². The minimum atomic E-state index is -0.207. The number of hydrogen-bond acceptors (Lipinski definition) is 3. The monoisotopic (exact) mass is 387 g/mol. The van der Waals surface area contributed by atoms with Crippen molar-refractivity contribution < 1.29 is 14.3 Å². The molecule has 0 atom stereocenters. The highest BCUT2D eigenvalue weighted by Crippen LogP contribution is 2.24. The van der Waals surface area contributed by atoms with E-state index < -0.39 is 0 Å². The van der Waals surface area contributed by atoms with Crippen LogP contribution in [-0.4, -0.2) is 12.5 Å². The fourth-order valence-electron chi connectivity index (χ4n) is 2.67. The van der Waals surface area contributed by atoms with Gasteiger partial charge in [-0.25, -0.2) is 0 Å². The Balaban J connectivity index is 1.54. The van der Waals surface area contributed by atoms with Crippen molar-refractivity contribution in [1.29, 1.82) is 0 Å². The summed E-state index contributed by atoms with van der Waals surface area (Å²) in [6.45, 7) is 3.18. The summed E-state index contributed by atoms with van der Waals surface area (Å²) in [5, 5.41) is 2.86. The summed E-state index contributed by atoms with van der Waals surface area (Å²) < 4.78 is 11.4. The van der Waals surface area contributed by atoms with Crippen LogP contribution in [-0.2, 0) is 11.4 Å². The van der Waals surface area contributed by atoms with E-state index in [1.165, 1.54) is 6.08 Å². The Morgan fingerprint density at radius 2 is 1.62 bits per heavy atom. The summed E-state index contributed by atoms with van der Waals surface area (Å²) in [4.78, 5) is 12.3. The Kier molecular flexibility index (Phi) is 7.47. The third kappa shape index (κ3) is 6.54. The van der Waals surface area contributed by atoms with E-state index in [0.717, 1.165) is 23.3 Å². The first-order chi connectivity index (χ1) is 14.2. The fourth-order valence-corrected chi connectivity index (χ4v) is 2.67. The summed E-state index contributed by atoms with van der Waals surface area (Å²) in [6, 6.07) is 25.1. The number of benzene rings is 3. The molecule has 4 nitrogen and oxygen atoms in total. The molecule has 3 aromatic carbocycles. The zero-order chi connectivity index (χ0) is 20.3. The van der Waals surface area contributed by atoms with E-state index in [-0.39, 0.29) is 5.91 Å². The first-order valence-electron chi connectivity index (χ1n) is 9.72. The van der Waals surface area contributed by atoms with E-state index in [4.69, 9.17) is 9.47 Å². The highest BCUT2D eigenvalue weighted by molar-refractivity contribution is 6.02. The molecule has 1 amide bonds. The molecule has 148 valence electrons. The van der Waals surface area contributed by atoms with E-state index in [0.29, 0.717) is 24.7 Å². The van der Waals surface area contributed by atoms with Crippen LogP contribution in [0.1, 0.15) is 24.5 Å². The van der Waals surface area contributed by atoms with Gasteiger partial charge in [0.25, 0.3) is 0 Å². The molecule has 29 heavy (non-hydrogen) atoms. The summed E-state index contributed by atoms with van der Waals surface area (Å²) in [7, 11) is 0. The van der Waals surface area contributed by atoms with Gasteiger partial charge in [-0.05, 0) is 47.9 Å². The van der Waals surface area contributed by atoms with Crippen LogP contribution in [0.15, 0.2) is 84.9 Å². The van der Waals surface area contributed by atoms with Crippen LogP contribution in [0.5, 0.6) is 11.5 Å². The summed E-state index contributed by atoms with van der Waals surface area (Å²) in [5.41, 5.74) is 2.71. The maximum absolute atomic E-state index is 12.3. The molecule has 0 aromatic heterocycles. The number of anilines is 1. The smallest absolute Gasteiger partial charge is 0.248 e.